The van der Waals surface area contributed by atoms with E-state index < -0.39 is 18.0 Å². The van der Waals surface area contributed by atoms with Crippen LogP contribution in [-0.4, -0.2) is 61.3 Å². The van der Waals surface area contributed by atoms with Gasteiger partial charge in [-0.05, 0) is 26.3 Å². The molecule has 0 aromatic rings. The lowest BCUT2D eigenvalue weighted by Crippen LogP contribution is -2.53. The Morgan fingerprint density at radius 2 is 2.32 bits per heavy atom. The largest absolute Gasteiger partial charge is 0.374 e. The van der Waals surface area contributed by atoms with Crippen molar-refractivity contribution in [1.29, 1.82) is 0 Å². The lowest BCUT2D eigenvalue weighted by molar-refractivity contribution is -0.121. The van der Waals surface area contributed by atoms with E-state index in [4.69, 9.17) is 10.5 Å². The Hall–Kier alpha value is -1.18. The second-order valence-corrected chi connectivity index (χ2v) is 5.23. The van der Waals surface area contributed by atoms with Gasteiger partial charge in [-0.1, -0.05) is 0 Å². The zero-order valence-corrected chi connectivity index (χ0v) is 11.2. The highest BCUT2D eigenvalue weighted by Gasteiger charge is 2.32. The van der Waals surface area contributed by atoms with Crippen molar-refractivity contribution in [3.63, 3.8) is 0 Å². The molecule has 4 N–H and O–H groups in total. The van der Waals surface area contributed by atoms with Gasteiger partial charge in [0.1, 0.15) is 0 Å². The summed E-state index contributed by atoms with van der Waals surface area (Å²) in [7, 11) is 0. The highest BCUT2D eigenvalue weighted by atomic mass is 16.5. The van der Waals surface area contributed by atoms with Crippen LogP contribution >= 0.6 is 0 Å². The maximum atomic E-state index is 11.5. The number of nitrogens with one attached hydrogen (secondary N) is 2. The molecule has 0 aromatic carbocycles. The van der Waals surface area contributed by atoms with Crippen LogP contribution in [0.15, 0.2) is 0 Å². The predicted molar refractivity (Wildman–Crippen MR) is 69.5 cm³/mol. The summed E-state index contributed by atoms with van der Waals surface area (Å²) >= 11 is 0. The van der Waals surface area contributed by atoms with E-state index in [9.17, 15) is 9.59 Å². The molecule has 7 nitrogen and oxygen atoms in total. The summed E-state index contributed by atoms with van der Waals surface area (Å²) in [4.78, 5) is 24.5. The molecule has 108 valence electrons. The van der Waals surface area contributed by atoms with Gasteiger partial charge in [0.2, 0.25) is 5.91 Å². The van der Waals surface area contributed by atoms with E-state index >= 15 is 0 Å². The Kier molecular flexibility index (Phi) is 4.73. The molecule has 2 aliphatic rings. The van der Waals surface area contributed by atoms with Crippen molar-refractivity contribution in [3.8, 4) is 0 Å². The van der Waals surface area contributed by atoms with Crippen molar-refractivity contribution in [1.82, 2.24) is 15.5 Å². The SMILES string of the molecule is CC(NCC1CN2CCCC2CO1)C(=O)NC(N)=O. The number of carbonyl (C=O) groups is 2. The van der Waals surface area contributed by atoms with Gasteiger partial charge in [-0.3, -0.25) is 15.0 Å². The molecule has 0 saturated carbocycles. The van der Waals surface area contributed by atoms with Gasteiger partial charge >= 0.3 is 6.03 Å². The number of ether oxygens (including phenoxy) is 1. The summed E-state index contributed by atoms with van der Waals surface area (Å²) in [6.45, 7) is 5.11. The quantitative estimate of drug-likeness (QED) is 0.610. The standard InChI is InChI=1S/C12H22N4O3/c1-8(11(17)15-12(13)18)14-5-10-6-16-4-2-3-9(16)7-19-10/h8-10,14H,2-7H2,1H3,(H3,13,15,17,18). The van der Waals surface area contributed by atoms with Crippen molar-refractivity contribution in [2.24, 2.45) is 5.73 Å². The van der Waals surface area contributed by atoms with Gasteiger partial charge in [0.05, 0.1) is 18.8 Å². The number of rotatable bonds is 4. The molecule has 3 atom stereocenters. The summed E-state index contributed by atoms with van der Waals surface area (Å²) < 4.78 is 5.78. The molecule has 2 saturated heterocycles. The normalized spacial score (nSPS) is 28.7. The number of morpholine rings is 1. The first kappa shape index (κ1) is 14.2. The minimum absolute atomic E-state index is 0.0955. The fourth-order valence-electron chi connectivity index (χ4n) is 2.64. The Morgan fingerprint density at radius 1 is 1.53 bits per heavy atom. The van der Waals surface area contributed by atoms with Crippen LogP contribution in [0.1, 0.15) is 19.8 Å². The number of fused-ring (bicyclic) bond motifs is 1. The number of nitrogens with two attached hydrogens (primary N) is 1. The maximum Gasteiger partial charge on any atom is 0.318 e. The third kappa shape index (κ3) is 3.89. The minimum Gasteiger partial charge on any atom is -0.374 e. The minimum atomic E-state index is -0.826. The van der Waals surface area contributed by atoms with Gasteiger partial charge in [-0.15, -0.1) is 0 Å². The van der Waals surface area contributed by atoms with Crippen LogP contribution in [0.3, 0.4) is 0 Å². The zero-order valence-electron chi connectivity index (χ0n) is 11.2. The molecule has 7 heteroatoms. The van der Waals surface area contributed by atoms with Gasteiger partial charge in [0.15, 0.2) is 0 Å². The highest BCUT2D eigenvalue weighted by Crippen LogP contribution is 2.22. The maximum absolute atomic E-state index is 11.5. The van der Waals surface area contributed by atoms with Crippen LogP contribution in [-0.2, 0) is 9.53 Å². The Labute approximate surface area is 112 Å². The number of primary amides is 1. The van der Waals surface area contributed by atoms with Gasteiger partial charge < -0.3 is 15.8 Å². The van der Waals surface area contributed by atoms with Gasteiger partial charge in [0.25, 0.3) is 0 Å². The Morgan fingerprint density at radius 3 is 3.05 bits per heavy atom. The van der Waals surface area contributed by atoms with Crippen molar-refractivity contribution >= 4 is 11.9 Å². The molecule has 3 amide bonds. The van der Waals surface area contributed by atoms with Crippen LogP contribution < -0.4 is 16.4 Å². The van der Waals surface area contributed by atoms with Crippen LogP contribution in [0.5, 0.6) is 0 Å². The lowest BCUT2D eigenvalue weighted by atomic mass is 10.2. The van der Waals surface area contributed by atoms with E-state index in [1.165, 1.54) is 12.8 Å². The van der Waals surface area contributed by atoms with Crippen LogP contribution in [0, 0.1) is 0 Å². The number of amides is 3. The molecular weight excluding hydrogens is 248 g/mol. The predicted octanol–water partition coefficient (Wildman–Crippen LogP) is -0.977. The average molecular weight is 270 g/mol. The molecule has 2 fully saturated rings. The fourth-order valence-corrected chi connectivity index (χ4v) is 2.64. The first-order chi connectivity index (χ1) is 9.06. The molecule has 0 spiro atoms. The summed E-state index contributed by atoms with van der Waals surface area (Å²) in [6, 6.07) is -0.716. The summed E-state index contributed by atoms with van der Waals surface area (Å²) in [5, 5.41) is 5.12. The zero-order chi connectivity index (χ0) is 13.8. The molecule has 2 rings (SSSR count). The van der Waals surface area contributed by atoms with E-state index in [2.05, 4.69) is 15.5 Å². The number of urea groups is 1. The molecule has 0 aliphatic carbocycles. The third-order valence-corrected chi connectivity index (χ3v) is 3.75. The van der Waals surface area contributed by atoms with Crippen LogP contribution in [0.25, 0.3) is 0 Å². The summed E-state index contributed by atoms with van der Waals surface area (Å²) in [6.07, 6.45) is 2.56. The number of hydrogen-bond acceptors (Lipinski definition) is 5. The molecule has 0 radical (unpaired) electrons. The number of carbonyl (C=O) groups excluding carboxylic acids is 2. The van der Waals surface area contributed by atoms with Crippen LogP contribution in [0.4, 0.5) is 4.79 Å². The molecule has 0 aromatic heterocycles. The van der Waals surface area contributed by atoms with Crippen molar-refractivity contribution in [2.45, 2.75) is 38.0 Å². The Bertz CT molecular complexity index is 350. The first-order valence-corrected chi connectivity index (χ1v) is 6.75. The van der Waals surface area contributed by atoms with Gasteiger partial charge in [-0.25, -0.2) is 4.79 Å². The number of hydrogen-bond donors (Lipinski definition) is 3. The number of nitrogens with zero attached hydrogens (tertiary/aromatic N) is 1. The lowest BCUT2D eigenvalue weighted by Gasteiger charge is -2.35. The van der Waals surface area contributed by atoms with E-state index in [1.807, 2.05) is 0 Å². The van der Waals surface area contributed by atoms with Crippen molar-refractivity contribution < 1.29 is 14.3 Å². The smallest absolute Gasteiger partial charge is 0.318 e. The third-order valence-electron chi connectivity index (χ3n) is 3.75. The summed E-state index contributed by atoms with van der Waals surface area (Å²) in [5.74, 6) is -0.414. The molecular formula is C12H22N4O3. The molecule has 19 heavy (non-hydrogen) atoms. The summed E-state index contributed by atoms with van der Waals surface area (Å²) in [5.41, 5.74) is 4.90. The van der Waals surface area contributed by atoms with Gasteiger partial charge in [0, 0.05) is 19.1 Å². The second kappa shape index (κ2) is 6.31. The average Bonchev–Trinajstić information content (AvgIpc) is 2.82. The van der Waals surface area contributed by atoms with Crippen molar-refractivity contribution in [2.75, 3.05) is 26.2 Å². The molecule has 2 heterocycles. The fraction of sp³-hybridized carbons (Fsp3) is 0.833. The number of imide groups is 1. The molecule has 3 unspecified atom stereocenters. The second-order valence-electron chi connectivity index (χ2n) is 5.23. The van der Waals surface area contributed by atoms with Gasteiger partial charge in [-0.2, -0.15) is 0 Å². The van der Waals surface area contributed by atoms with Crippen molar-refractivity contribution in [3.05, 3.63) is 0 Å². The van der Waals surface area contributed by atoms with E-state index in [-0.39, 0.29) is 6.10 Å². The topological polar surface area (TPSA) is 96.7 Å². The van der Waals surface area contributed by atoms with E-state index in [0.717, 1.165) is 19.7 Å². The van der Waals surface area contributed by atoms with E-state index in [0.29, 0.717) is 12.6 Å². The monoisotopic (exact) mass is 270 g/mol. The highest BCUT2D eigenvalue weighted by molar-refractivity contribution is 5.96. The molecule has 0 bridgehead atoms. The van der Waals surface area contributed by atoms with Crippen LogP contribution in [0.2, 0.25) is 0 Å². The molecule has 2 aliphatic heterocycles. The first-order valence-electron chi connectivity index (χ1n) is 6.75. The van der Waals surface area contributed by atoms with E-state index in [1.54, 1.807) is 6.92 Å². The Balaban J connectivity index is 1.70.